The van der Waals surface area contributed by atoms with E-state index in [1.165, 1.54) is 29.2 Å². The molecule has 0 spiro atoms. The Kier molecular flexibility index (Phi) is 6.70. The van der Waals surface area contributed by atoms with Crippen LogP contribution in [0.1, 0.15) is 12.1 Å². The van der Waals surface area contributed by atoms with Crippen molar-refractivity contribution in [2.75, 3.05) is 6.61 Å². The summed E-state index contributed by atoms with van der Waals surface area (Å²) in [6.45, 7) is 5.03. The van der Waals surface area contributed by atoms with Crippen molar-refractivity contribution in [1.29, 1.82) is 0 Å². The summed E-state index contributed by atoms with van der Waals surface area (Å²) in [5.74, 6) is 0.0553. The Morgan fingerprint density at radius 3 is 2.54 bits per heavy atom. The van der Waals surface area contributed by atoms with Gasteiger partial charge in [0.2, 0.25) is 0 Å². The van der Waals surface area contributed by atoms with E-state index in [9.17, 15) is 20.2 Å². The normalized spacial score (nSPS) is 11.3. The van der Waals surface area contributed by atoms with Gasteiger partial charge in [-0.3, -0.25) is 0 Å². The fourth-order valence-corrected chi connectivity index (χ4v) is 1.74. The Hall–Kier alpha value is -3.12. The standard InChI is InChI=1S/C6H9N3O3.C6H7N3O3/c1-5-7-4-6(9(11)12)8(5)2-3-10;1-2-5(10)8-4-3-7-6(8)9(11)12/h4,10H,2-3H2,1H3;2-5,10H,1H2. The Labute approximate surface area is 135 Å². The largest absolute Gasteiger partial charge is 0.436 e. The van der Waals surface area contributed by atoms with Crippen molar-refractivity contribution in [3.05, 3.63) is 57.3 Å². The number of aliphatic hydroxyl groups is 2. The summed E-state index contributed by atoms with van der Waals surface area (Å²) in [6.07, 6.45) is 3.81. The molecule has 12 heteroatoms. The summed E-state index contributed by atoms with van der Waals surface area (Å²) in [6, 6.07) is 0. The zero-order chi connectivity index (χ0) is 18.3. The second-order valence-electron chi connectivity index (χ2n) is 4.34. The first kappa shape index (κ1) is 18.9. The lowest BCUT2D eigenvalue weighted by Crippen LogP contribution is -2.07. The molecule has 0 aliphatic heterocycles. The molecule has 0 aromatic carbocycles. The third-order valence-electron chi connectivity index (χ3n) is 2.85. The monoisotopic (exact) mass is 340 g/mol. The third kappa shape index (κ3) is 4.44. The number of aliphatic hydroxyl groups excluding tert-OH is 2. The van der Waals surface area contributed by atoms with Crippen molar-refractivity contribution in [1.82, 2.24) is 19.1 Å². The molecule has 1 unspecified atom stereocenters. The number of rotatable bonds is 6. The Bertz CT molecular complexity index is 723. The smallest absolute Gasteiger partial charge is 0.392 e. The number of imidazole rings is 2. The second-order valence-corrected chi connectivity index (χ2v) is 4.34. The topological polar surface area (TPSA) is 162 Å². The third-order valence-corrected chi connectivity index (χ3v) is 2.85. The first-order valence-electron chi connectivity index (χ1n) is 6.58. The van der Waals surface area contributed by atoms with E-state index in [2.05, 4.69) is 16.5 Å². The van der Waals surface area contributed by atoms with Crippen molar-refractivity contribution in [3.63, 3.8) is 0 Å². The molecule has 0 aliphatic rings. The molecule has 2 N–H and O–H groups in total. The zero-order valence-corrected chi connectivity index (χ0v) is 12.7. The summed E-state index contributed by atoms with van der Waals surface area (Å²) < 4.78 is 2.37. The maximum atomic E-state index is 10.4. The van der Waals surface area contributed by atoms with Crippen LogP contribution in [-0.2, 0) is 6.54 Å². The summed E-state index contributed by atoms with van der Waals surface area (Å²) in [5, 5.41) is 38.4. The molecule has 24 heavy (non-hydrogen) atoms. The Morgan fingerprint density at radius 1 is 1.38 bits per heavy atom. The molecule has 2 heterocycles. The predicted octanol–water partition coefficient (Wildman–Crippen LogP) is 0.560. The van der Waals surface area contributed by atoms with E-state index in [0.717, 1.165) is 4.57 Å². The molecule has 2 aromatic rings. The van der Waals surface area contributed by atoms with Crippen molar-refractivity contribution in [2.45, 2.75) is 19.7 Å². The highest BCUT2D eigenvalue weighted by Crippen LogP contribution is 2.13. The van der Waals surface area contributed by atoms with Crippen molar-refractivity contribution >= 4 is 11.8 Å². The molecule has 1 atom stereocenters. The summed E-state index contributed by atoms with van der Waals surface area (Å²) >= 11 is 0. The van der Waals surface area contributed by atoms with E-state index in [-0.39, 0.29) is 19.0 Å². The summed E-state index contributed by atoms with van der Waals surface area (Å²) in [5.41, 5.74) is 0. The molecule has 0 radical (unpaired) electrons. The van der Waals surface area contributed by atoms with Gasteiger partial charge in [0.25, 0.3) is 0 Å². The van der Waals surface area contributed by atoms with E-state index in [0.29, 0.717) is 5.82 Å². The van der Waals surface area contributed by atoms with E-state index < -0.39 is 22.0 Å². The highest BCUT2D eigenvalue weighted by Gasteiger charge is 2.18. The molecule has 0 bridgehead atoms. The average Bonchev–Trinajstić information content (AvgIpc) is 3.15. The minimum Gasteiger partial charge on any atom is -0.392 e. The molecular weight excluding hydrogens is 324 g/mol. The summed E-state index contributed by atoms with van der Waals surface area (Å²) in [4.78, 5) is 26.7. The van der Waals surface area contributed by atoms with Crippen LogP contribution in [0.2, 0.25) is 0 Å². The number of hydrogen-bond donors (Lipinski definition) is 2. The van der Waals surface area contributed by atoms with Gasteiger partial charge in [-0.25, -0.2) is 9.55 Å². The van der Waals surface area contributed by atoms with Crippen LogP contribution in [-0.4, -0.2) is 45.8 Å². The van der Waals surface area contributed by atoms with Crippen LogP contribution < -0.4 is 0 Å². The lowest BCUT2D eigenvalue weighted by molar-refractivity contribution is -0.397. The Morgan fingerprint density at radius 2 is 2.04 bits per heavy atom. The second kappa shape index (κ2) is 8.50. The molecule has 0 saturated carbocycles. The van der Waals surface area contributed by atoms with Gasteiger partial charge in [-0.05, 0) is 15.9 Å². The van der Waals surface area contributed by atoms with E-state index in [4.69, 9.17) is 10.2 Å². The molecule has 12 nitrogen and oxygen atoms in total. The SMILES string of the molecule is C=CC(O)n1ccnc1[N+](=O)[O-].Cc1ncc([N+](=O)[O-])n1CCO. The van der Waals surface area contributed by atoms with Crippen LogP contribution in [0.3, 0.4) is 0 Å². The molecule has 0 fully saturated rings. The van der Waals surface area contributed by atoms with Crippen LogP contribution in [0.15, 0.2) is 31.2 Å². The van der Waals surface area contributed by atoms with E-state index >= 15 is 0 Å². The number of aromatic nitrogens is 4. The van der Waals surface area contributed by atoms with E-state index in [1.807, 2.05) is 0 Å². The zero-order valence-electron chi connectivity index (χ0n) is 12.7. The van der Waals surface area contributed by atoms with Gasteiger partial charge in [-0.1, -0.05) is 11.6 Å². The number of aryl methyl sites for hydroxylation is 1. The van der Waals surface area contributed by atoms with Gasteiger partial charge in [-0.2, -0.15) is 4.57 Å². The number of hydrogen-bond acceptors (Lipinski definition) is 8. The van der Waals surface area contributed by atoms with Crippen LogP contribution in [0, 0.1) is 27.2 Å². The lowest BCUT2D eigenvalue weighted by Gasteiger charge is -2.03. The van der Waals surface area contributed by atoms with Gasteiger partial charge in [0, 0.05) is 6.92 Å². The van der Waals surface area contributed by atoms with Crippen LogP contribution in [0.25, 0.3) is 0 Å². The molecule has 2 aromatic heterocycles. The minimum atomic E-state index is -1.10. The number of nitro groups is 2. The molecule has 0 aliphatic carbocycles. The van der Waals surface area contributed by atoms with Crippen LogP contribution in [0.4, 0.5) is 11.8 Å². The predicted molar refractivity (Wildman–Crippen MR) is 81.0 cm³/mol. The van der Waals surface area contributed by atoms with Gasteiger partial charge < -0.3 is 30.4 Å². The molecule has 2 rings (SSSR count). The molecular formula is C12H16N6O6. The molecule has 130 valence electrons. The minimum absolute atomic E-state index is 0.0819. The Balaban J connectivity index is 0.000000240. The van der Waals surface area contributed by atoms with Gasteiger partial charge in [-0.15, -0.1) is 0 Å². The molecule has 0 saturated heterocycles. The van der Waals surface area contributed by atoms with Gasteiger partial charge in [0.1, 0.15) is 25.1 Å². The highest BCUT2D eigenvalue weighted by atomic mass is 16.6. The van der Waals surface area contributed by atoms with Crippen molar-refractivity contribution < 1.29 is 20.1 Å². The average molecular weight is 340 g/mol. The first-order valence-corrected chi connectivity index (χ1v) is 6.58. The van der Waals surface area contributed by atoms with Gasteiger partial charge in [0.15, 0.2) is 12.1 Å². The fraction of sp³-hybridized carbons (Fsp3) is 0.333. The fourth-order valence-electron chi connectivity index (χ4n) is 1.74. The molecule has 0 amide bonds. The maximum absolute atomic E-state index is 10.4. The first-order chi connectivity index (χ1) is 11.3. The van der Waals surface area contributed by atoms with Crippen molar-refractivity contribution in [3.8, 4) is 0 Å². The lowest BCUT2D eigenvalue weighted by atomic mass is 10.5. The van der Waals surface area contributed by atoms with Gasteiger partial charge >= 0.3 is 11.8 Å². The van der Waals surface area contributed by atoms with Crippen LogP contribution >= 0.6 is 0 Å². The quantitative estimate of drug-likeness (QED) is 0.437. The van der Waals surface area contributed by atoms with E-state index in [1.54, 1.807) is 6.92 Å². The number of nitrogens with zero attached hydrogens (tertiary/aromatic N) is 6. The van der Waals surface area contributed by atoms with Crippen molar-refractivity contribution in [2.24, 2.45) is 0 Å². The highest BCUT2D eigenvalue weighted by molar-refractivity contribution is 5.18. The summed E-state index contributed by atoms with van der Waals surface area (Å²) in [7, 11) is 0. The van der Waals surface area contributed by atoms with Gasteiger partial charge in [0.05, 0.1) is 6.61 Å². The maximum Gasteiger partial charge on any atom is 0.436 e. The van der Waals surface area contributed by atoms with Crippen LogP contribution in [0.5, 0.6) is 0 Å².